The highest BCUT2D eigenvalue weighted by Gasteiger charge is 2.13. The topological polar surface area (TPSA) is 12.0 Å². The summed E-state index contributed by atoms with van der Waals surface area (Å²) in [6.45, 7) is 0. The van der Waals surface area contributed by atoms with Gasteiger partial charge in [-0.1, -0.05) is 63.9 Å². The number of hydrogen-bond donors (Lipinski definition) is 1. The lowest BCUT2D eigenvalue weighted by Crippen LogP contribution is -2.20. The minimum absolute atomic E-state index is 0.157. The van der Waals surface area contributed by atoms with E-state index in [9.17, 15) is 4.39 Å². The molecule has 21 heavy (non-hydrogen) atoms. The Kier molecular flexibility index (Phi) is 7.56. The molecule has 0 aliphatic heterocycles. The first-order valence-electron chi connectivity index (χ1n) is 8.48. The summed E-state index contributed by atoms with van der Waals surface area (Å²) in [5, 5.41) is 3.45. The van der Waals surface area contributed by atoms with E-state index in [0.29, 0.717) is 11.7 Å². The van der Waals surface area contributed by atoms with Crippen molar-refractivity contribution in [2.45, 2.75) is 76.7 Å². The van der Waals surface area contributed by atoms with Gasteiger partial charge in [-0.25, -0.2) is 4.39 Å². The first kappa shape index (κ1) is 16.8. The molecule has 0 bridgehead atoms. The zero-order valence-electron chi connectivity index (χ0n) is 12.8. The van der Waals surface area contributed by atoms with Crippen LogP contribution in [-0.2, 0) is 0 Å². The van der Waals surface area contributed by atoms with Crippen molar-refractivity contribution in [3.8, 4) is 0 Å². The lowest BCUT2D eigenvalue weighted by atomic mass is 9.98. The maximum absolute atomic E-state index is 14.0. The number of para-hydroxylation sites is 1. The summed E-state index contributed by atoms with van der Waals surface area (Å²) in [5.74, 6) is -0.157. The number of anilines is 1. The maximum Gasteiger partial charge on any atom is 0.147 e. The van der Waals surface area contributed by atoms with Gasteiger partial charge < -0.3 is 5.32 Å². The molecular weight excluding hydrogens is 329 g/mol. The lowest BCUT2D eigenvalue weighted by molar-refractivity contribution is 0.478. The Hall–Kier alpha value is -0.570. The van der Waals surface area contributed by atoms with E-state index in [1.54, 1.807) is 6.07 Å². The average molecular weight is 356 g/mol. The van der Waals surface area contributed by atoms with Crippen LogP contribution in [0.15, 0.2) is 22.7 Å². The van der Waals surface area contributed by atoms with Gasteiger partial charge in [0.25, 0.3) is 0 Å². The van der Waals surface area contributed by atoms with Gasteiger partial charge in [-0.15, -0.1) is 0 Å². The summed E-state index contributed by atoms with van der Waals surface area (Å²) in [4.78, 5) is 0. The van der Waals surface area contributed by atoms with Gasteiger partial charge in [0, 0.05) is 10.5 Å². The van der Waals surface area contributed by atoms with Crippen LogP contribution in [0.3, 0.4) is 0 Å². The van der Waals surface area contributed by atoms with E-state index < -0.39 is 0 Å². The van der Waals surface area contributed by atoms with Gasteiger partial charge >= 0.3 is 0 Å². The second-order valence-corrected chi connectivity index (χ2v) is 7.05. The molecule has 0 amide bonds. The van der Waals surface area contributed by atoms with Crippen molar-refractivity contribution in [1.29, 1.82) is 0 Å². The van der Waals surface area contributed by atoms with Crippen LogP contribution >= 0.6 is 15.9 Å². The molecule has 1 nitrogen and oxygen atoms in total. The van der Waals surface area contributed by atoms with Gasteiger partial charge in [0.15, 0.2) is 0 Å². The number of benzene rings is 1. The largest absolute Gasteiger partial charge is 0.379 e. The highest BCUT2D eigenvalue weighted by molar-refractivity contribution is 9.10. The molecule has 1 aromatic carbocycles. The first-order chi connectivity index (χ1) is 10.3. The van der Waals surface area contributed by atoms with Crippen molar-refractivity contribution in [3.63, 3.8) is 0 Å². The minimum Gasteiger partial charge on any atom is -0.379 e. The van der Waals surface area contributed by atoms with Crippen molar-refractivity contribution in [2.75, 3.05) is 5.32 Å². The Labute approximate surface area is 136 Å². The summed E-state index contributed by atoms with van der Waals surface area (Å²) >= 11 is 3.46. The van der Waals surface area contributed by atoms with E-state index in [2.05, 4.69) is 21.2 Å². The molecule has 1 fully saturated rings. The molecule has 1 N–H and O–H groups in total. The Morgan fingerprint density at radius 1 is 0.857 bits per heavy atom. The number of nitrogens with one attached hydrogen (secondary N) is 1. The van der Waals surface area contributed by atoms with Crippen LogP contribution in [0.25, 0.3) is 0 Å². The predicted molar refractivity (Wildman–Crippen MR) is 92.3 cm³/mol. The smallest absolute Gasteiger partial charge is 0.147 e. The van der Waals surface area contributed by atoms with Crippen molar-refractivity contribution >= 4 is 21.6 Å². The molecule has 118 valence electrons. The average Bonchev–Trinajstić information content (AvgIpc) is 2.45. The van der Waals surface area contributed by atoms with E-state index in [4.69, 9.17) is 0 Å². The molecule has 1 aliphatic rings. The van der Waals surface area contributed by atoms with Crippen LogP contribution in [0.1, 0.15) is 70.6 Å². The molecule has 0 saturated heterocycles. The Morgan fingerprint density at radius 2 is 1.38 bits per heavy atom. The molecule has 1 saturated carbocycles. The first-order valence-corrected chi connectivity index (χ1v) is 9.27. The molecular formula is C18H27BrFN. The predicted octanol–water partition coefficient (Wildman–Crippen LogP) is 6.67. The molecule has 0 radical (unpaired) electrons. The summed E-state index contributed by atoms with van der Waals surface area (Å²) in [6, 6.07) is 5.58. The summed E-state index contributed by atoms with van der Waals surface area (Å²) in [5.41, 5.74) is 0.634. The SMILES string of the molecule is Fc1cccc(Br)c1NC1CCCCCCCCCCC1. The van der Waals surface area contributed by atoms with Gasteiger partial charge in [-0.2, -0.15) is 0 Å². The van der Waals surface area contributed by atoms with Crippen molar-refractivity contribution in [2.24, 2.45) is 0 Å². The maximum atomic E-state index is 14.0. The van der Waals surface area contributed by atoms with Crippen LogP contribution < -0.4 is 5.32 Å². The molecule has 3 heteroatoms. The highest BCUT2D eigenvalue weighted by Crippen LogP contribution is 2.28. The van der Waals surface area contributed by atoms with Gasteiger partial charge in [0.05, 0.1) is 5.69 Å². The molecule has 0 atom stereocenters. The normalized spacial score (nSPS) is 19.5. The van der Waals surface area contributed by atoms with Gasteiger partial charge in [0.1, 0.15) is 5.82 Å². The fourth-order valence-electron chi connectivity index (χ4n) is 3.15. The molecule has 0 spiro atoms. The Bertz CT molecular complexity index is 389. The zero-order chi connectivity index (χ0) is 14.9. The van der Waals surface area contributed by atoms with E-state index in [0.717, 1.165) is 17.3 Å². The number of halogens is 2. The van der Waals surface area contributed by atoms with Crippen molar-refractivity contribution < 1.29 is 4.39 Å². The summed E-state index contributed by atoms with van der Waals surface area (Å²) in [6.07, 6.45) is 14.3. The minimum atomic E-state index is -0.157. The van der Waals surface area contributed by atoms with Crippen molar-refractivity contribution in [3.05, 3.63) is 28.5 Å². The molecule has 1 aliphatic carbocycles. The molecule has 1 aromatic rings. The zero-order valence-corrected chi connectivity index (χ0v) is 14.4. The fraction of sp³-hybridized carbons (Fsp3) is 0.667. The molecule has 0 heterocycles. The third kappa shape index (κ3) is 5.98. The van der Waals surface area contributed by atoms with Crippen LogP contribution in [0.5, 0.6) is 0 Å². The molecule has 2 rings (SSSR count). The number of rotatable bonds is 2. The third-order valence-corrected chi connectivity index (χ3v) is 5.08. The molecule has 0 aromatic heterocycles. The number of hydrogen-bond acceptors (Lipinski definition) is 1. The second kappa shape index (κ2) is 9.45. The van der Waals surface area contributed by atoms with Gasteiger partial charge in [-0.05, 0) is 40.9 Å². The lowest BCUT2D eigenvalue weighted by Gasteiger charge is -2.22. The monoisotopic (exact) mass is 355 g/mol. The second-order valence-electron chi connectivity index (χ2n) is 6.20. The Balaban J connectivity index is 1.94. The Morgan fingerprint density at radius 3 is 1.90 bits per heavy atom. The summed E-state index contributed by atoms with van der Waals surface area (Å²) in [7, 11) is 0. The van der Waals surface area contributed by atoms with Crippen LogP contribution in [0, 0.1) is 5.82 Å². The highest BCUT2D eigenvalue weighted by atomic mass is 79.9. The van der Waals surface area contributed by atoms with E-state index in [-0.39, 0.29) is 5.82 Å². The van der Waals surface area contributed by atoms with Crippen LogP contribution in [0.4, 0.5) is 10.1 Å². The standard InChI is InChI=1S/C18H27BrFN/c19-16-13-10-14-17(20)18(16)21-15-11-8-6-4-2-1-3-5-7-9-12-15/h10,13-15,21H,1-9,11-12H2. The molecule has 0 unspecified atom stereocenters. The fourth-order valence-corrected chi connectivity index (χ4v) is 3.60. The van der Waals surface area contributed by atoms with E-state index >= 15 is 0 Å². The quantitative estimate of drug-likeness (QED) is 0.624. The van der Waals surface area contributed by atoms with Gasteiger partial charge in [0.2, 0.25) is 0 Å². The van der Waals surface area contributed by atoms with E-state index in [1.807, 2.05) is 6.07 Å². The summed E-state index contributed by atoms with van der Waals surface area (Å²) < 4.78 is 14.8. The van der Waals surface area contributed by atoms with Crippen LogP contribution in [-0.4, -0.2) is 6.04 Å². The van der Waals surface area contributed by atoms with Crippen LogP contribution in [0.2, 0.25) is 0 Å². The van der Waals surface area contributed by atoms with E-state index in [1.165, 1.54) is 63.9 Å². The van der Waals surface area contributed by atoms with Crippen molar-refractivity contribution in [1.82, 2.24) is 0 Å². The van der Waals surface area contributed by atoms with Gasteiger partial charge in [-0.3, -0.25) is 0 Å². The third-order valence-electron chi connectivity index (χ3n) is 4.42.